The quantitative estimate of drug-likeness (QED) is 0.211. The average Bonchev–Trinajstić information content (AvgIpc) is 2.97. The number of hydrogen-bond donors (Lipinski definition) is 1. The van der Waals surface area contributed by atoms with Gasteiger partial charge in [0.15, 0.2) is 0 Å². The van der Waals surface area contributed by atoms with Crippen molar-refractivity contribution in [1.82, 2.24) is 9.88 Å². The van der Waals surface area contributed by atoms with Crippen molar-refractivity contribution in [3.05, 3.63) is 131 Å². The Balaban J connectivity index is 1.80. The third kappa shape index (κ3) is 5.55. The standard InChI is InChI=1S/C34H33ClN2O2/c1-37(2)21-20-34(38,31-15-9-13-25-10-7-8-14-29(25)31)32(26-11-5-4-6-12-26)30-22-27(23-36-33(30)39-3)24-16-18-28(35)19-17-24/h4-19,22-23,32,38H,20-21H2,1-3H3/t32-,34-/m1/s1. The summed E-state index contributed by atoms with van der Waals surface area (Å²) >= 11 is 6.17. The number of ether oxygens (including phenoxy) is 1. The molecule has 0 unspecified atom stereocenters. The smallest absolute Gasteiger partial charge is 0.217 e. The highest BCUT2D eigenvalue weighted by Crippen LogP contribution is 2.49. The molecule has 2 atom stereocenters. The summed E-state index contributed by atoms with van der Waals surface area (Å²) in [6.45, 7) is 0.690. The molecule has 0 spiro atoms. The van der Waals surface area contributed by atoms with E-state index in [-0.39, 0.29) is 0 Å². The van der Waals surface area contributed by atoms with Crippen LogP contribution in [0, 0.1) is 0 Å². The minimum Gasteiger partial charge on any atom is -0.481 e. The van der Waals surface area contributed by atoms with Gasteiger partial charge in [0.25, 0.3) is 0 Å². The van der Waals surface area contributed by atoms with Gasteiger partial charge in [-0.05, 0) is 66.2 Å². The zero-order chi connectivity index (χ0) is 27.4. The lowest BCUT2D eigenvalue weighted by Crippen LogP contribution is -2.38. The minimum absolute atomic E-state index is 0.459. The van der Waals surface area contributed by atoms with E-state index in [2.05, 4.69) is 47.4 Å². The lowest BCUT2D eigenvalue weighted by Gasteiger charge is -2.39. The van der Waals surface area contributed by atoms with Gasteiger partial charge in [0.1, 0.15) is 5.60 Å². The largest absolute Gasteiger partial charge is 0.481 e. The van der Waals surface area contributed by atoms with Gasteiger partial charge < -0.3 is 14.7 Å². The molecule has 5 aromatic rings. The number of fused-ring (bicyclic) bond motifs is 1. The molecule has 4 nitrogen and oxygen atoms in total. The van der Waals surface area contributed by atoms with Crippen molar-refractivity contribution in [2.45, 2.75) is 17.9 Å². The molecule has 0 bridgehead atoms. The van der Waals surface area contributed by atoms with Crippen molar-refractivity contribution in [3.8, 4) is 17.0 Å². The molecule has 4 aromatic carbocycles. The molecule has 0 aliphatic carbocycles. The molecule has 0 aliphatic rings. The second kappa shape index (κ2) is 11.6. The van der Waals surface area contributed by atoms with Crippen LogP contribution in [0.2, 0.25) is 5.02 Å². The molecule has 1 aromatic heterocycles. The van der Waals surface area contributed by atoms with E-state index in [0.717, 1.165) is 38.6 Å². The van der Waals surface area contributed by atoms with Crippen LogP contribution in [-0.2, 0) is 5.60 Å². The second-order valence-electron chi connectivity index (χ2n) is 10.2. The summed E-state index contributed by atoms with van der Waals surface area (Å²) in [6, 6.07) is 34.4. The van der Waals surface area contributed by atoms with Crippen molar-refractivity contribution in [2.75, 3.05) is 27.7 Å². The Morgan fingerprint density at radius 3 is 2.28 bits per heavy atom. The number of halogens is 1. The minimum atomic E-state index is -1.28. The first-order valence-electron chi connectivity index (χ1n) is 13.1. The topological polar surface area (TPSA) is 45.6 Å². The number of pyridine rings is 1. The fraction of sp³-hybridized carbons (Fsp3) is 0.206. The van der Waals surface area contributed by atoms with E-state index in [1.165, 1.54) is 0 Å². The first-order valence-corrected chi connectivity index (χ1v) is 13.5. The highest BCUT2D eigenvalue weighted by atomic mass is 35.5. The van der Waals surface area contributed by atoms with Gasteiger partial charge in [0, 0.05) is 34.8 Å². The van der Waals surface area contributed by atoms with Crippen molar-refractivity contribution in [3.63, 3.8) is 0 Å². The van der Waals surface area contributed by atoms with Crippen molar-refractivity contribution >= 4 is 22.4 Å². The van der Waals surface area contributed by atoms with Crippen LogP contribution >= 0.6 is 11.6 Å². The summed E-state index contributed by atoms with van der Waals surface area (Å²) in [7, 11) is 5.70. The van der Waals surface area contributed by atoms with Gasteiger partial charge in [-0.2, -0.15) is 0 Å². The maximum Gasteiger partial charge on any atom is 0.217 e. The number of benzene rings is 4. The van der Waals surface area contributed by atoms with Crippen LogP contribution in [0.25, 0.3) is 21.9 Å². The van der Waals surface area contributed by atoms with Crippen LogP contribution in [0.4, 0.5) is 0 Å². The van der Waals surface area contributed by atoms with Gasteiger partial charge in [-0.25, -0.2) is 4.98 Å². The number of nitrogens with zero attached hydrogens (tertiary/aromatic N) is 2. The molecular weight excluding hydrogens is 504 g/mol. The third-order valence-electron chi connectivity index (χ3n) is 7.37. The summed E-state index contributed by atoms with van der Waals surface area (Å²) < 4.78 is 5.85. The molecule has 1 N–H and O–H groups in total. The molecular formula is C34H33ClN2O2. The Hall–Kier alpha value is -3.70. The average molecular weight is 537 g/mol. The molecule has 0 aliphatic heterocycles. The summed E-state index contributed by atoms with van der Waals surface area (Å²) in [6.07, 6.45) is 2.31. The predicted molar refractivity (Wildman–Crippen MR) is 161 cm³/mol. The monoisotopic (exact) mass is 536 g/mol. The molecule has 5 rings (SSSR count). The number of methoxy groups -OCH3 is 1. The predicted octanol–water partition coefficient (Wildman–Crippen LogP) is 7.54. The SMILES string of the molecule is COc1ncc(-c2ccc(Cl)cc2)cc1[C@@H](c1ccccc1)[C@@](O)(CCN(C)C)c1cccc2ccccc12. The van der Waals surface area contributed by atoms with Crippen molar-refractivity contribution < 1.29 is 9.84 Å². The highest BCUT2D eigenvalue weighted by Gasteiger charge is 2.43. The summed E-state index contributed by atoms with van der Waals surface area (Å²) in [4.78, 5) is 6.84. The number of rotatable bonds is 9. The number of hydrogen-bond acceptors (Lipinski definition) is 4. The van der Waals surface area contributed by atoms with Gasteiger partial charge in [0.05, 0.1) is 7.11 Å². The van der Waals surface area contributed by atoms with Gasteiger partial charge >= 0.3 is 0 Å². The number of aliphatic hydroxyl groups is 1. The fourth-order valence-corrected chi connectivity index (χ4v) is 5.56. The Kier molecular flexibility index (Phi) is 7.99. The Morgan fingerprint density at radius 1 is 0.872 bits per heavy atom. The van der Waals surface area contributed by atoms with Crippen LogP contribution in [0.3, 0.4) is 0 Å². The molecule has 0 saturated carbocycles. The van der Waals surface area contributed by atoms with Crippen molar-refractivity contribution in [2.24, 2.45) is 0 Å². The molecule has 5 heteroatoms. The van der Waals surface area contributed by atoms with Crippen LogP contribution in [0.15, 0.2) is 109 Å². The van der Waals surface area contributed by atoms with E-state index in [0.29, 0.717) is 23.9 Å². The molecule has 198 valence electrons. The molecule has 0 saturated heterocycles. The third-order valence-corrected chi connectivity index (χ3v) is 7.62. The Bertz CT molecular complexity index is 1550. The maximum atomic E-state index is 13.1. The maximum absolute atomic E-state index is 13.1. The van der Waals surface area contributed by atoms with Gasteiger partial charge in [-0.15, -0.1) is 0 Å². The summed E-state index contributed by atoms with van der Waals surface area (Å²) in [5.74, 6) is 0.0317. The van der Waals surface area contributed by atoms with Crippen molar-refractivity contribution in [1.29, 1.82) is 0 Å². The summed E-state index contributed by atoms with van der Waals surface area (Å²) in [5.41, 5.74) is 3.33. The molecule has 0 radical (unpaired) electrons. The zero-order valence-electron chi connectivity index (χ0n) is 22.5. The van der Waals surface area contributed by atoms with Gasteiger partial charge in [0.2, 0.25) is 5.88 Å². The van der Waals surface area contributed by atoms with Crippen LogP contribution in [0.1, 0.15) is 29.0 Å². The number of aromatic nitrogens is 1. The van der Waals surface area contributed by atoms with Gasteiger partial charge in [-0.3, -0.25) is 0 Å². The van der Waals surface area contributed by atoms with Crippen LogP contribution < -0.4 is 4.74 Å². The Morgan fingerprint density at radius 2 is 1.56 bits per heavy atom. The fourth-order valence-electron chi connectivity index (χ4n) is 5.44. The second-order valence-corrected chi connectivity index (χ2v) is 10.6. The Labute approximate surface area is 235 Å². The summed E-state index contributed by atoms with van der Waals surface area (Å²) in [5, 5.41) is 15.9. The van der Waals surface area contributed by atoms with E-state index in [4.69, 9.17) is 21.3 Å². The van der Waals surface area contributed by atoms with Gasteiger partial charge in [-0.1, -0.05) is 96.5 Å². The van der Waals surface area contributed by atoms with E-state index in [9.17, 15) is 5.11 Å². The molecule has 0 amide bonds. The lowest BCUT2D eigenvalue weighted by atomic mass is 9.70. The van der Waals surface area contributed by atoms with Crippen LogP contribution in [-0.4, -0.2) is 42.7 Å². The molecule has 1 heterocycles. The first-order chi connectivity index (χ1) is 18.9. The normalized spacial score (nSPS) is 13.8. The van der Waals surface area contributed by atoms with E-state index < -0.39 is 11.5 Å². The highest BCUT2D eigenvalue weighted by molar-refractivity contribution is 6.30. The zero-order valence-corrected chi connectivity index (χ0v) is 23.3. The van der Waals surface area contributed by atoms with E-state index in [1.54, 1.807) is 7.11 Å². The van der Waals surface area contributed by atoms with Crippen LogP contribution in [0.5, 0.6) is 5.88 Å². The van der Waals surface area contributed by atoms with E-state index in [1.807, 2.05) is 81.0 Å². The lowest BCUT2D eigenvalue weighted by molar-refractivity contribution is 0.00517. The molecule has 0 fully saturated rings. The first kappa shape index (κ1) is 26.9. The molecule has 39 heavy (non-hydrogen) atoms. The van der Waals surface area contributed by atoms with E-state index >= 15 is 0 Å².